The van der Waals surface area contributed by atoms with Crippen molar-refractivity contribution in [3.05, 3.63) is 29.8 Å². The molecular weight excluding hydrogens is 239 g/mol. The SMILES string of the molecule is CCN(C(=O)c1cccnc1F)C(C)(C)C(=O)O. The summed E-state index contributed by atoms with van der Waals surface area (Å²) in [5.74, 6) is -2.74. The fourth-order valence-electron chi connectivity index (χ4n) is 1.60. The maximum absolute atomic E-state index is 13.4. The van der Waals surface area contributed by atoms with Crippen LogP contribution in [0.3, 0.4) is 0 Å². The third-order valence-corrected chi connectivity index (χ3v) is 2.75. The van der Waals surface area contributed by atoms with E-state index in [9.17, 15) is 14.0 Å². The number of pyridine rings is 1. The minimum absolute atomic E-state index is 0.159. The van der Waals surface area contributed by atoms with Gasteiger partial charge in [0.2, 0.25) is 5.95 Å². The van der Waals surface area contributed by atoms with E-state index in [2.05, 4.69) is 4.98 Å². The Morgan fingerprint density at radius 2 is 2.11 bits per heavy atom. The molecule has 5 nitrogen and oxygen atoms in total. The summed E-state index contributed by atoms with van der Waals surface area (Å²) in [5, 5.41) is 9.10. The Labute approximate surface area is 104 Å². The van der Waals surface area contributed by atoms with Crippen LogP contribution in [-0.2, 0) is 4.79 Å². The second kappa shape index (κ2) is 5.12. The summed E-state index contributed by atoms with van der Waals surface area (Å²) in [6.07, 6.45) is 1.23. The van der Waals surface area contributed by atoms with Crippen LogP contribution in [0.5, 0.6) is 0 Å². The Bertz CT molecular complexity index is 474. The molecule has 0 aliphatic carbocycles. The molecule has 0 aromatic carbocycles. The summed E-state index contributed by atoms with van der Waals surface area (Å²) in [6.45, 7) is 4.58. The van der Waals surface area contributed by atoms with Crippen LogP contribution in [0.15, 0.2) is 18.3 Å². The zero-order chi connectivity index (χ0) is 13.9. The molecule has 1 N–H and O–H groups in total. The van der Waals surface area contributed by atoms with Gasteiger partial charge in [-0.25, -0.2) is 9.78 Å². The molecule has 6 heteroatoms. The lowest BCUT2D eigenvalue weighted by Crippen LogP contribution is -2.53. The van der Waals surface area contributed by atoms with Crippen molar-refractivity contribution in [3.8, 4) is 0 Å². The summed E-state index contributed by atoms with van der Waals surface area (Å²) < 4.78 is 13.4. The lowest BCUT2D eigenvalue weighted by Gasteiger charge is -2.34. The van der Waals surface area contributed by atoms with E-state index in [0.29, 0.717) is 0 Å². The number of carbonyl (C=O) groups is 2. The average molecular weight is 254 g/mol. The van der Waals surface area contributed by atoms with Crippen molar-refractivity contribution in [3.63, 3.8) is 0 Å². The van der Waals surface area contributed by atoms with E-state index >= 15 is 0 Å². The van der Waals surface area contributed by atoms with Gasteiger partial charge in [0.15, 0.2) is 0 Å². The van der Waals surface area contributed by atoms with Crippen LogP contribution in [-0.4, -0.2) is 39.0 Å². The maximum atomic E-state index is 13.4. The molecule has 0 fully saturated rings. The Kier molecular flexibility index (Phi) is 4.00. The molecule has 1 aromatic rings. The van der Waals surface area contributed by atoms with Gasteiger partial charge in [-0.2, -0.15) is 4.39 Å². The van der Waals surface area contributed by atoms with Gasteiger partial charge in [0.05, 0.1) is 5.56 Å². The molecular formula is C12H15FN2O3. The fraction of sp³-hybridized carbons (Fsp3) is 0.417. The van der Waals surface area contributed by atoms with Gasteiger partial charge in [-0.3, -0.25) is 4.79 Å². The normalized spacial score (nSPS) is 11.1. The monoisotopic (exact) mass is 254 g/mol. The molecule has 0 unspecified atom stereocenters. The maximum Gasteiger partial charge on any atom is 0.329 e. The standard InChI is InChI=1S/C12H15FN2O3/c1-4-15(12(2,3)11(17)18)10(16)8-6-5-7-14-9(8)13/h5-7H,4H2,1-3H3,(H,17,18). The highest BCUT2D eigenvalue weighted by Gasteiger charge is 2.38. The average Bonchev–Trinajstić information content (AvgIpc) is 2.29. The van der Waals surface area contributed by atoms with Gasteiger partial charge in [-0.05, 0) is 32.9 Å². The van der Waals surface area contributed by atoms with Gasteiger partial charge < -0.3 is 10.0 Å². The Hall–Kier alpha value is -1.98. The summed E-state index contributed by atoms with van der Waals surface area (Å²) >= 11 is 0. The number of carbonyl (C=O) groups excluding carboxylic acids is 1. The number of rotatable bonds is 4. The van der Waals surface area contributed by atoms with Crippen molar-refractivity contribution in [2.75, 3.05) is 6.54 Å². The molecule has 18 heavy (non-hydrogen) atoms. The van der Waals surface area contributed by atoms with Gasteiger partial charge in [0, 0.05) is 12.7 Å². The topological polar surface area (TPSA) is 70.5 Å². The number of nitrogens with zero attached hydrogens (tertiary/aromatic N) is 2. The Morgan fingerprint density at radius 1 is 1.50 bits per heavy atom. The van der Waals surface area contributed by atoms with E-state index in [1.165, 1.54) is 32.2 Å². The summed E-state index contributed by atoms with van der Waals surface area (Å²) in [5.41, 5.74) is -1.64. The van der Waals surface area contributed by atoms with Crippen LogP contribution in [0.2, 0.25) is 0 Å². The van der Waals surface area contributed by atoms with Crippen molar-refractivity contribution >= 4 is 11.9 Å². The van der Waals surface area contributed by atoms with Crippen molar-refractivity contribution in [1.82, 2.24) is 9.88 Å². The molecule has 98 valence electrons. The van der Waals surface area contributed by atoms with Crippen molar-refractivity contribution < 1.29 is 19.1 Å². The van der Waals surface area contributed by atoms with Crippen molar-refractivity contribution in [2.45, 2.75) is 26.3 Å². The largest absolute Gasteiger partial charge is 0.480 e. The van der Waals surface area contributed by atoms with Crippen molar-refractivity contribution in [1.29, 1.82) is 0 Å². The van der Waals surface area contributed by atoms with E-state index in [1.807, 2.05) is 0 Å². The number of amides is 1. The Morgan fingerprint density at radius 3 is 2.56 bits per heavy atom. The van der Waals surface area contributed by atoms with Gasteiger partial charge in [0.1, 0.15) is 5.54 Å². The second-order valence-electron chi connectivity index (χ2n) is 4.26. The highest BCUT2D eigenvalue weighted by molar-refractivity contribution is 5.97. The zero-order valence-electron chi connectivity index (χ0n) is 10.5. The molecule has 1 amide bonds. The first kappa shape index (κ1) is 14.1. The van der Waals surface area contributed by atoms with E-state index in [-0.39, 0.29) is 12.1 Å². The quantitative estimate of drug-likeness (QED) is 0.827. The smallest absolute Gasteiger partial charge is 0.329 e. The first-order chi connectivity index (χ1) is 8.32. The lowest BCUT2D eigenvalue weighted by atomic mass is 10.0. The molecule has 0 spiro atoms. The molecule has 1 aromatic heterocycles. The first-order valence-corrected chi connectivity index (χ1v) is 5.48. The highest BCUT2D eigenvalue weighted by Crippen LogP contribution is 2.19. The molecule has 1 heterocycles. The molecule has 1 rings (SSSR count). The van der Waals surface area contributed by atoms with E-state index in [1.54, 1.807) is 6.92 Å². The summed E-state index contributed by atoms with van der Waals surface area (Å²) in [4.78, 5) is 27.7. The molecule has 0 radical (unpaired) electrons. The number of likely N-dealkylation sites (N-methyl/N-ethyl adjacent to an activating group) is 1. The van der Waals surface area contributed by atoms with Gasteiger partial charge in [-0.15, -0.1) is 0 Å². The van der Waals surface area contributed by atoms with Crippen LogP contribution < -0.4 is 0 Å². The number of halogens is 1. The highest BCUT2D eigenvalue weighted by atomic mass is 19.1. The van der Waals surface area contributed by atoms with Gasteiger partial charge in [-0.1, -0.05) is 0 Å². The third-order valence-electron chi connectivity index (χ3n) is 2.75. The molecule has 0 saturated heterocycles. The van der Waals surface area contributed by atoms with Crippen LogP contribution in [0.4, 0.5) is 4.39 Å². The first-order valence-electron chi connectivity index (χ1n) is 5.48. The number of hydrogen-bond donors (Lipinski definition) is 1. The number of aromatic nitrogens is 1. The molecule has 0 aliphatic rings. The molecule has 0 aliphatic heterocycles. The van der Waals surface area contributed by atoms with E-state index in [0.717, 1.165) is 4.90 Å². The number of hydrogen-bond acceptors (Lipinski definition) is 3. The van der Waals surface area contributed by atoms with Crippen LogP contribution in [0, 0.1) is 5.95 Å². The molecule has 0 bridgehead atoms. The van der Waals surface area contributed by atoms with Crippen LogP contribution in [0.1, 0.15) is 31.1 Å². The molecule has 0 saturated carbocycles. The number of carboxylic acids is 1. The van der Waals surface area contributed by atoms with Gasteiger partial charge >= 0.3 is 5.97 Å². The Balaban J connectivity index is 3.16. The summed E-state index contributed by atoms with van der Waals surface area (Å²) in [6, 6.07) is 2.71. The minimum atomic E-state index is -1.41. The zero-order valence-corrected chi connectivity index (χ0v) is 10.5. The molecule has 0 atom stereocenters. The lowest BCUT2D eigenvalue weighted by molar-refractivity contribution is -0.147. The number of aliphatic carboxylic acids is 1. The predicted molar refractivity (Wildman–Crippen MR) is 62.6 cm³/mol. The number of carboxylic acid groups (broad SMARTS) is 1. The van der Waals surface area contributed by atoms with Crippen LogP contribution >= 0.6 is 0 Å². The summed E-state index contributed by atoms with van der Waals surface area (Å²) in [7, 11) is 0. The van der Waals surface area contributed by atoms with Crippen molar-refractivity contribution in [2.24, 2.45) is 0 Å². The van der Waals surface area contributed by atoms with Gasteiger partial charge in [0.25, 0.3) is 5.91 Å². The predicted octanol–water partition coefficient (Wildman–Crippen LogP) is 1.55. The van der Waals surface area contributed by atoms with E-state index in [4.69, 9.17) is 5.11 Å². The van der Waals surface area contributed by atoms with Crippen LogP contribution in [0.25, 0.3) is 0 Å². The fourth-order valence-corrected chi connectivity index (χ4v) is 1.60. The van der Waals surface area contributed by atoms with E-state index < -0.39 is 23.4 Å². The third kappa shape index (κ3) is 2.47. The second-order valence-corrected chi connectivity index (χ2v) is 4.26. The minimum Gasteiger partial charge on any atom is -0.480 e.